The molecule has 37 heavy (non-hydrogen) atoms. The van der Waals surface area contributed by atoms with Gasteiger partial charge in [0.05, 0.1) is 58.8 Å². The molecule has 3 aromatic rings. The summed E-state index contributed by atoms with van der Waals surface area (Å²) in [6.07, 6.45) is 4.30. The van der Waals surface area contributed by atoms with Gasteiger partial charge in [-0.25, -0.2) is 22.2 Å². The van der Waals surface area contributed by atoms with E-state index >= 15 is 0 Å². The van der Waals surface area contributed by atoms with Crippen molar-refractivity contribution in [1.29, 1.82) is 0 Å². The van der Waals surface area contributed by atoms with Crippen molar-refractivity contribution < 1.29 is 22.0 Å². The van der Waals surface area contributed by atoms with Crippen LogP contribution in [0.1, 0.15) is 24.7 Å². The van der Waals surface area contributed by atoms with Crippen LogP contribution in [0.25, 0.3) is 11.3 Å². The van der Waals surface area contributed by atoms with Crippen molar-refractivity contribution in [3.05, 3.63) is 48.2 Å². The fourth-order valence-corrected chi connectivity index (χ4v) is 4.94. The van der Waals surface area contributed by atoms with Gasteiger partial charge in [0.2, 0.25) is 10.0 Å². The van der Waals surface area contributed by atoms with Gasteiger partial charge < -0.3 is 9.88 Å². The molecule has 1 aliphatic carbocycles. The lowest BCUT2D eigenvalue weighted by Gasteiger charge is -2.23. The molecule has 0 unspecified atom stereocenters. The summed E-state index contributed by atoms with van der Waals surface area (Å²) in [5.74, 6) is -4.74. The molecule has 9 nitrogen and oxygen atoms in total. The van der Waals surface area contributed by atoms with E-state index in [4.69, 9.17) is 0 Å². The number of nitrogens with one attached hydrogen (secondary N) is 1. The zero-order valence-electron chi connectivity index (χ0n) is 20.8. The maximum atomic E-state index is 13.4. The van der Waals surface area contributed by atoms with E-state index in [-0.39, 0.29) is 6.42 Å². The number of Topliss-reactive ketones (excluding diaryl/α,β-unsaturated/α-hetero) is 1. The lowest BCUT2D eigenvalue weighted by molar-refractivity contribution is -0.121. The van der Waals surface area contributed by atoms with Gasteiger partial charge in [-0.3, -0.25) is 19.1 Å². The fourth-order valence-electron chi connectivity index (χ4n) is 4.44. The molecule has 12 heteroatoms. The molecule has 194 valence electrons. The molecule has 0 saturated heterocycles. The predicted octanol–water partition coefficient (Wildman–Crippen LogP) is 4.04. The van der Waals surface area contributed by atoms with Gasteiger partial charge in [-0.15, -0.1) is 0 Å². The topological polar surface area (TPSA) is 110 Å². The predicted molar refractivity (Wildman–Crippen MR) is 138 cm³/mol. The van der Waals surface area contributed by atoms with Gasteiger partial charge >= 0.3 is 0 Å². The van der Waals surface area contributed by atoms with Crippen LogP contribution in [0.15, 0.2) is 41.8 Å². The number of sulfonamides is 1. The van der Waals surface area contributed by atoms with E-state index in [0.717, 1.165) is 23.2 Å². The number of carbonyl (C=O) groups excluding carboxylic acids is 1. The van der Waals surface area contributed by atoms with Crippen LogP contribution >= 0.6 is 0 Å². The van der Waals surface area contributed by atoms with E-state index in [1.165, 1.54) is 11.4 Å². The third-order valence-corrected chi connectivity index (χ3v) is 7.82. The lowest BCUT2D eigenvalue weighted by atomic mass is 10.1. The minimum absolute atomic E-state index is 0.212. The molecule has 2 aliphatic rings. The van der Waals surface area contributed by atoms with Crippen LogP contribution in [-0.2, 0) is 34.7 Å². The summed E-state index contributed by atoms with van der Waals surface area (Å²) in [5, 5.41) is 3.27. The molecule has 3 heterocycles. The second-order valence-corrected chi connectivity index (χ2v) is 11.6. The summed E-state index contributed by atoms with van der Waals surface area (Å²) >= 11 is 0. The Bertz CT molecular complexity index is 1560. The number of halogens is 2. The molecule has 1 aromatic carbocycles. The zero-order valence-corrected chi connectivity index (χ0v) is 21.6. The molecular weight excluding hydrogens is 502 g/mol. The summed E-state index contributed by atoms with van der Waals surface area (Å²) in [6.45, 7) is 1.85. The standard InChI is InChI=1S/C25H26F2N6O3S/c1-14-7-19-24(29-14)20(9-16(30-19)10-23(34)17-11-25(17,26)27)31-18-6-5-15(22-12-28-13-32(22)2)8-21(18)33(3)37(4,35)36/h5-6,8-9,12-13,17H,7,10-11H2,1-4H3,(H,30,31)/t17-/m1/s1. The Labute approximate surface area is 213 Å². The number of ketones is 1. The molecule has 1 aliphatic heterocycles. The first-order chi connectivity index (χ1) is 17.3. The van der Waals surface area contributed by atoms with Crippen molar-refractivity contribution in [2.45, 2.75) is 32.1 Å². The first-order valence-electron chi connectivity index (χ1n) is 11.6. The molecule has 0 spiro atoms. The smallest absolute Gasteiger partial charge is 0.258 e. The number of imidazole rings is 1. The van der Waals surface area contributed by atoms with Crippen LogP contribution in [0.2, 0.25) is 0 Å². The maximum absolute atomic E-state index is 13.4. The quantitative estimate of drug-likeness (QED) is 0.473. The SMILES string of the molecule is CC1=Nc2c(Nc3ccc(-c4cncn4C)cc3N(C)S(C)(=O)=O)cc(CC(=O)[C@H]3CC3(F)F)nc2C1. The summed E-state index contributed by atoms with van der Waals surface area (Å²) in [7, 11) is -0.306. The second-order valence-electron chi connectivity index (χ2n) is 9.62. The fraction of sp³-hybridized carbons (Fsp3) is 0.360. The number of pyridine rings is 1. The van der Waals surface area contributed by atoms with Crippen molar-refractivity contribution in [3.8, 4) is 11.3 Å². The average molecular weight is 529 g/mol. The number of hydrogen-bond donors (Lipinski definition) is 1. The second kappa shape index (κ2) is 8.72. The summed E-state index contributed by atoms with van der Waals surface area (Å²) in [4.78, 5) is 25.6. The highest BCUT2D eigenvalue weighted by molar-refractivity contribution is 7.92. The third kappa shape index (κ3) is 4.85. The largest absolute Gasteiger partial charge is 0.352 e. The van der Waals surface area contributed by atoms with Crippen LogP contribution in [0.4, 0.5) is 31.5 Å². The van der Waals surface area contributed by atoms with E-state index in [9.17, 15) is 22.0 Å². The highest BCUT2D eigenvalue weighted by Gasteiger charge is 2.60. The summed E-state index contributed by atoms with van der Waals surface area (Å²) < 4.78 is 54.8. The van der Waals surface area contributed by atoms with Crippen molar-refractivity contribution in [2.75, 3.05) is 22.9 Å². The number of anilines is 3. The van der Waals surface area contributed by atoms with E-state index in [1.54, 1.807) is 30.7 Å². The van der Waals surface area contributed by atoms with Crippen LogP contribution in [0, 0.1) is 5.92 Å². The first-order valence-corrected chi connectivity index (χ1v) is 13.5. The number of benzene rings is 1. The normalized spacial score (nSPS) is 17.8. The zero-order chi connectivity index (χ0) is 26.7. The minimum atomic E-state index is -3.61. The van der Waals surface area contributed by atoms with Crippen LogP contribution in [-0.4, -0.2) is 53.7 Å². The van der Waals surface area contributed by atoms with Gasteiger partial charge in [0.25, 0.3) is 5.92 Å². The molecule has 1 atom stereocenters. The van der Waals surface area contributed by atoms with E-state index < -0.39 is 34.1 Å². The number of fused-ring (bicyclic) bond motifs is 1. The monoisotopic (exact) mass is 528 g/mol. The average Bonchev–Trinajstić information content (AvgIpc) is 3.09. The molecule has 1 fully saturated rings. The van der Waals surface area contributed by atoms with Crippen LogP contribution in [0.5, 0.6) is 0 Å². The van der Waals surface area contributed by atoms with Crippen LogP contribution in [0.3, 0.4) is 0 Å². The number of carbonyl (C=O) groups is 1. The number of aryl methyl sites for hydroxylation is 1. The summed E-state index contributed by atoms with van der Waals surface area (Å²) in [5.41, 5.74) is 5.36. The van der Waals surface area contributed by atoms with Gasteiger partial charge in [0.1, 0.15) is 11.5 Å². The molecule has 1 saturated carbocycles. The molecule has 0 radical (unpaired) electrons. The molecule has 0 amide bonds. The maximum Gasteiger partial charge on any atom is 0.258 e. The molecule has 0 bridgehead atoms. The van der Waals surface area contributed by atoms with Crippen molar-refractivity contribution in [2.24, 2.45) is 18.0 Å². The molecule has 1 N–H and O–H groups in total. The van der Waals surface area contributed by atoms with E-state index in [0.29, 0.717) is 40.6 Å². The Morgan fingerprint density at radius 1 is 1.27 bits per heavy atom. The number of aromatic nitrogens is 3. The van der Waals surface area contributed by atoms with Crippen molar-refractivity contribution >= 4 is 44.3 Å². The first kappa shape index (κ1) is 25.0. The summed E-state index contributed by atoms with van der Waals surface area (Å²) in [6, 6.07) is 6.97. The highest BCUT2D eigenvalue weighted by Crippen LogP contribution is 2.49. The van der Waals surface area contributed by atoms with Crippen molar-refractivity contribution in [1.82, 2.24) is 14.5 Å². The molecule has 2 aromatic heterocycles. The van der Waals surface area contributed by atoms with Gasteiger partial charge in [-0.1, -0.05) is 6.07 Å². The number of alkyl halides is 2. The number of hydrogen-bond acceptors (Lipinski definition) is 7. The van der Waals surface area contributed by atoms with Gasteiger partial charge in [0, 0.05) is 44.6 Å². The highest BCUT2D eigenvalue weighted by atomic mass is 32.2. The number of aliphatic imine (C=N–C) groups is 1. The van der Waals surface area contributed by atoms with Crippen LogP contribution < -0.4 is 9.62 Å². The van der Waals surface area contributed by atoms with Gasteiger partial charge in [-0.05, 0) is 25.1 Å². The minimum Gasteiger partial charge on any atom is -0.352 e. The van der Waals surface area contributed by atoms with Gasteiger partial charge in [0.15, 0.2) is 0 Å². The Balaban J connectivity index is 1.55. The Morgan fingerprint density at radius 3 is 2.62 bits per heavy atom. The van der Waals surface area contributed by atoms with E-state index in [2.05, 4.69) is 20.3 Å². The Hall–Kier alpha value is -3.67. The Kier molecular flexibility index (Phi) is 5.89. The van der Waals surface area contributed by atoms with E-state index in [1.807, 2.05) is 24.6 Å². The third-order valence-electron chi connectivity index (χ3n) is 6.63. The Morgan fingerprint density at radius 2 is 2.00 bits per heavy atom. The molecular formula is C25H26F2N6O3S. The molecule has 5 rings (SSSR count). The number of rotatable bonds is 8. The van der Waals surface area contributed by atoms with Gasteiger partial charge in [-0.2, -0.15) is 0 Å². The number of nitrogens with zero attached hydrogens (tertiary/aromatic N) is 5. The van der Waals surface area contributed by atoms with Crippen molar-refractivity contribution in [3.63, 3.8) is 0 Å². The lowest BCUT2D eigenvalue weighted by Crippen LogP contribution is -2.25.